The fourth-order valence-corrected chi connectivity index (χ4v) is 4.10. The highest BCUT2D eigenvalue weighted by Crippen LogP contribution is 2.35. The van der Waals surface area contributed by atoms with E-state index in [9.17, 15) is 14.4 Å². The van der Waals surface area contributed by atoms with E-state index in [1.54, 1.807) is 29.8 Å². The number of aromatic nitrogens is 3. The Labute approximate surface area is 184 Å². The molecular weight excluding hydrogens is 406 g/mol. The highest BCUT2D eigenvalue weighted by atomic mass is 16.5. The molecule has 7 nitrogen and oxygen atoms in total. The van der Waals surface area contributed by atoms with Crippen molar-refractivity contribution in [2.24, 2.45) is 0 Å². The molecule has 0 bridgehead atoms. The van der Waals surface area contributed by atoms with Gasteiger partial charge in [-0.15, -0.1) is 0 Å². The molecule has 1 fully saturated rings. The number of nitrogens with zero attached hydrogens (tertiary/aromatic N) is 2. The van der Waals surface area contributed by atoms with Crippen molar-refractivity contribution in [3.05, 3.63) is 76.5 Å². The van der Waals surface area contributed by atoms with Crippen molar-refractivity contribution in [3.8, 4) is 0 Å². The van der Waals surface area contributed by atoms with Crippen LogP contribution in [0.3, 0.4) is 0 Å². The van der Waals surface area contributed by atoms with E-state index < -0.39 is 12.1 Å². The average molecular weight is 429 g/mol. The summed E-state index contributed by atoms with van der Waals surface area (Å²) in [5, 5.41) is 1.39. The van der Waals surface area contributed by atoms with Crippen LogP contribution >= 0.6 is 0 Å². The minimum absolute atomic E-state index is 0.0446. The number of nitrogens with one attached hydrogen (secondary N) is 1. The van der Waals surface area contributed by atoms with E-state index in [0.29, 0.717) is 22.3 Å². The van der Waals surface area contributed by atoms with Crippen molar-refractivity contribution >= 4 is 33.6 Å². The maximum absolute atomic E-state index is 12.9. The normalized spacial score (nSPS) is 14.5. The third kappa shape index (κ3) is 3.70. The second kappa shape index (κ2) is 8.07. The first-order chi connectivity index (χ1) is 15.5. The summed E-state index contributed by atoms with van der Waals surface area (Å²) in [6.45, 7) is 1.58. The van der Waals surface area contributed by atoms with Gasteiger partial charge in [0.2, 0.25) is 5.78 Å². The molecule has 4 aromatic rings. The molecular formula is C25H23N3O4. The van der Waals surface area contributed by atoms with Gasteiger partial charge in [0.1, 0.15) is 5.82 Å². The van der Waals surface area contributed by atoms with Crippen LogP contribution < -0.4 is 5.56 Å². The molecule has 32 heavy (non-hydrogen) atoms. The first kappa shape index (κ1) is 20.2. The van der Waals surface area contributed by atoms with Gasteiger partial charge < -0.3 is 9.72 Å². The van der Waals surface area contributed by atoms with Gasteiger partial charge in [-0.3, -0.25) is 19.0 Å². The van der Waals surface area contributed by atoms with E-state index in [4.69, 9.17) is 4.74 Å². The van der Waals surface area contributed by atoms with Gasteiger partial charge in [0.05, 0.1) is 17.3 Å². The number of esters is 1. The molecule has 2 aromatic heterocycles. The minimum atomic E-state index is -0.906. The van der Waals surface area contributed by atoms with Crippen LogP contribution in [0, 0.1) is 0 Å². The zero-order valence-electron chi connectivity index (χ0n) is 17.7. The third-order valence-electron chi connectivity index (χ3n) is 5.88. The van der Waals surface area contributed by atoms with Gasteiger partial charge >= 0.3 is 5.97 Å². The van der Waals surface area contributed by atoms with Crippen LogP contribution in [0.5, 0.6) is 0 Å². The summed E-state index contributed by atoms with van der Waals surface area (Å²) in [4.78, 5) is 46.0. The molecule has 162 valence electrons. The molecule has 5 rings (SSSR count). The van der Waals surface area contributed by atoms with Crippen molar-refractivity contribution < 1.29 is 14.3 Å². The Morgan fingerprint density at radius 1 is 1.12 bits per heavy atom. The number of para-hydroxylation sites is 2. The van der Waals surface area contributed by atoms with E-state index in [-0.39, 0.29) is 30.2 Å². The lowest BCUT2D eigenvalue weighted by molar-refractivity contribution is -0.146. The quantitative estimate of drug-likeness (QED) is 0.354. The third-order valence-corrected chi connectivity index (χ3v) is 5.88. The Balaban J connectivity index is 1.30. The summed E-state index contributed by atoms with van der Waals surface area (Å²) in [6.07, 6.45) is 2.94. The van der Waals surface area contributed by atoms with Crippen LogP contribution in [-0.4, -0.2) is 32.4 Å². The molecule has 1 unspecified atom stereocenters. The maximum atomic E-state index is 12.9. The van der Waals surface area contributed by atoms with Crippen LogP contribution in [0.15, 0.2) is 59.5 Å². The van der Waals surface area contributed by atoms with Crippen LogP contribution in [-0.2, 0) is 16.0 Å². The Morgan fingerprint density at radius 2 is 1.84 bits per heavy atom. The van der Waals surface area contributed by atoms with E-state index in [2.05, 4.69) is 9.97 Å². The monoisotopic (exact) mass is 429 g/mol. The number of carbonyl (C=O) groups is 2. The van der Waals surface area contributed by atoms with Gasteiger partial charge in [-0.1, -0.05) is 30.3 Å². The SMILES string of the molecule is CC(OC(=O)CCc1nc2ccccc2c(=O)n1C1CC1)C(=O)c1c[nH]c2ccccc12. The Kier molecular flexibility index (Phi) is 5.09. The number of H-pyrrole nitrogens is 1. The second-order valence-corrected chi connectivity index (χ2v) is 8.20. The van der Waals surface area contributed by atoms with Gasteiger partial charge in [-0.2, -0.15) is 0 Å². The average Bonchev–Trinajstić information content (AvgIpc) is 3.54. The van der Waals surface area contributed by atoms with Crippen molar-refractivity contribution in [1.29, 1.82) is 0 Å². The fourth-order valence-electron chi connectivity index (χ4n) is 4.10. The number of benzene rings is 2. The lowest BCUT2D eigenvalue weighted by Gasteiger charge is -2.14. The lowest BCUT2D eigenvalue weighted by Crippen LogP contribution is -2.27. The predicted molar refractivity (Wildman–Crippen MR) is 121 cm³/mol. The summed E-state index contributed by atoms with van der Waals surface area (Å²) in [7, 11) is 0. The van der Waals surface area contributed by atoms with Gasteiger partial charge in [0.25, 0.3) is 5.56 Å². The number of carbonyl (C=O) groups excluding carboxylic acids is 2. The highest BCUT2D eigenvalue weighted by Gasteiger charge is 2.29. The number of hydrogen-bond acceptors (Lipinski definition) is 5. The molecule has 0 spiro atoms. The smallest absolute Gasteiger partial charge is 0.306 e. The zero-order valence-corrected chi connectivity index (χ0v) is 17.7. The second-order valence-electron chi connectivity index (χ2n) is 8.20. The number of rotatable bonds is 7. The van der Waals surface area contributed by atoms with Crippen LogP contribution in [0.1, 0.15) is 48.4 Å². The minimum Gasteiger partial charge on any atom is -0.454 e. The number of ether oxygens (including phenoxy) is 1. The molecule has 1 aliphatic carbocycles. The molecule has 1 N–H and O–H groups in total. The fraction of sp³-hybridized carbons (Fsp3) is 0.280. The predicted octanol–water partition coefficient (Wildman–Crippen LogP) is 3.96. The van der Waals surface area contributed by atoms with E-state index in [1.165, 1.54) is 0 Å². The standard InChI is InChI=1S/C25H23N3O4/c1-15(24(30)19-14-26-20-8-4-2-6-17(19)20)32-23(29)13-12-22-27-21-9-5-3-7-18(21)25(31)28(22)16-10-11-16/h2-9,14-16,26H,10-13H2,1H3. The summed E-state index contributed by atoms with van der Waals surface area (Å²) < 4.78 is 7.14. The number of aryl methyl sites for hydroxylation is 1. The van der Waals surface area contributed by atoms with E-state index in [0.717, 1.165) is 23.7 Å². The highest BCUT2D eigenvalue weighted by molar-refractivity contribution is 6.10. The van der Waals surface area contributed by atoms with Crippen LogP contribution in [0.4, 0.5) is 0 Å². The van der Waals surface area contributed by atoms with Crippen LogP contribution in [0.2, 0.25) is 0 Å². The topological polar surface area (TPSA) is 94.0 Å². The molecule has 1 aliphatic rings. The Hall–Kier alpha value is -3.74. The largest absolute Gasteiger partial charge is 0.454 e. The molecule has 2 heterocycles. The van der Waals surface area contributed by atoms with Gasteiger partial charge in [0.15, 0.2) is 6.10 Å². The van der Waals surface area contributed by atoms with E-state index >= 15 is 0 Å². The van der Waals surface area contributed by atoms with Gasteiger partial charge in [-0.25, -0.2) is 4.98 Å². The number of ketones is 1. The molecule has 1 saturated carbocycles. The summed E-state index contributed by atoms with van der Waals surface area (Å²) in [5.41, 5.74) is 1.92. The molecule has 0 radical (unpaired) electrons. The summed E-state index contributed by atoms with van der Waals surface area (Å²) in [5.74, 6) is -0.159. The van der Waals surface area contributed by atoms with Crippen LogP contribution in [0.25, 0.3) is 21.8 Å². The van der Waals surface area contributed by atoms with Gasteiger partial charge in [-0.05, 0) is 38.0 Å². The molecule has 7 heteroatoms. The lowest BCUT2D eigenvalue weighted by atomic mass is 10.1. The van der Waals surface area contributed by atoms with Crippen molar-refractivity contribution in [3.63, 3.8) is 0 Å². The first-order valence-electron chi connectivity index (χ1n) is 10.8. The number of hydrogen-bond donors (Lipinski definition) is 1. The zero-order chi connectivity index (χ0) is 22.2. The summed E-state index contributed by atoms with van der Waals surface area (Å²) in [6, 6.07) is 14.9. The number of aromatic amines is 1. The summed E-state index contributed by atoms with van der Waals surface area (Å²) >= 11 is 0. The molecule has 0 amide bonds. The molecule has 0 saturated heterocycles. The Bertz CT molecular complexity index is 1400. The first-order valence-corrected chi connectivity index (χ1v) is 10.8. The molecule has 0 aliphatic heterocycles. The van der Waals surface area contributed by atoms with Gasteiger partial charge in [0, 0.05) is 35.1 Å². The van der Waals surface area contributed by atoms with Crippen molar-refractivity contribution in [2.75, 3.05) is 0 Å². The van der Waals surface area contributed by atoms with E-state index in [1.807, 2.05) is 36.4 Å². The number of Topliss-reactive ketones (excluding diaryl/α,β-unsaturated/α-hetero) is 1. The molecule has 1 atom stereocenters. The molecule has 2 aromatic carbocycles. The Morgan fingerprint density at radius 3 is 2.62 bits per heavy atom. The number of fused-ring (bicyclic) bond motifs is 2. The van der Waals surface area contributed by atoms with Crippen molar-refractivity contribution in [1.82, 2.24) is 14.5 Å². The van der Waals surface area contributed by atoms with Crippen molar-refractivity contribution in [2.45, 2.75) is 44.8 Å². The maximum Gasteiger partial charge on any atom is 0.306 e.